The standard InChI is InChI=1S/C12H19NO2S/c1-3-6-13(12(14)9-15-4-2)8-11-5-7-16-10-11/h5,7,10H,3-4,6,8-9H2,1-2H3. The van der Waals surface area contributed by atoms with E-state index in [0.717, 1.165) is 13.0 Å². The molecule has 1 aromatic rings. The predicted octanol–water partition coefficient (Wildman–Crippen LogP) is 2.52. The molecule has 0 spiro atoms. The SMILES string of the molecule is CCCN(Cc1ccsc1)C(=O)COCC. The molecule has 0 aromatic carbocycles. The van der Waals surface area contributed by atoms with E-state index in [0.29, 0.717) is 13.2 Å². The fourth-order valence-electron chi connectivity index (χ4n) is 1.45. The molecule has 1 heterocycles. The van der Waals surface area contributed by atoms with E-state index in [1.165, 1.54) is 5.56 Å². The maximum Gasteiger partial charge on any atom is 0.248 e. The van der Waals surface area contributed by atoms with Crippen molar-refractivity contribution in [2.75, 3.05) is 19.8 Å². The van der Waals surface area contributed by atoms with E-state index < -0.39 is 0 Å². The second-order valence-corrected chi connectivity index (χ2v) is 4.36. The first-order valence-electron chi connectivity index (χ1n) is 5.64. The number of ether oxygens (including phenoxy) is 1. The van der Waals surface area contributed by atoms with Crippen LogP contribution in [0, 0.1) is 0 Å². The molecule has 3 nitrogen and oxygen atoms in total. The molecule has 1 aromatic heterocycles. The van der Waals surface area contributed by atoms with Crippen molar-refractivity contribution < 1.29 is 9.53 Å². The number of amides is 1. The minimum Gasteiger partial charge on any atom is -0.372 e. The lowest BCUT2D eigenvalue weighted by Crippen LogP contribution is -2.34. The third kappa shape index (κ3) is 4.33. The van der Waals surface area contributed by atoms with Crippen molar-refractivity contribution >= 4 is 17.2 Å². The molecular formula is C12H19NO2S. The van der Waals surface area contributed by atoms with Crippen molar-refractivity contribution in [1.82, 2.24) is 4.90 Å². The van der Waals surface area contributed by atoms with Crippen molar-refractivity contribution in [3.05, 3.63) is 22.4 Å². The number of thiophene rings is 1. The summed E-state index contributed by atoms with van der Waals surface area (Å²) in [5, 5.41) is 4.11. The van der Waals surface area contributed by atoms with Crippen LogP contribution in [-0.4, -0.2) is 30.6 Å². The first kappa shape index (κ1) is 13.2. The van der Waals surface area contributed by atoms with Crippen molar-refractivity contribution in [3.8, 4) is 0 Å². The Bertz CT molecular complexity index is 298. The van der Waals surface area contributed by atoms with Crippen molar-refractivity contribution in [2.45, 2.75) is 26.8 Å². The Morgan fingerprint density at radius 1 is 1.50 bits per heavy atom. The van der Waals surface area contributed by atoms with E-state index in [9.17, 15) is 4.79 Å². The van der Waals surface area contributed by atoms with Crippen LogP contribution < -0.4 is 0 Å². The summed E-state index contributed by atoms with van der Waals surface area (Å²) in [6, 6.07) is 2.06. The zero-order valence-corrected chi connectivity index (χ0v) is 10.8. The predicted molar refractivity (Wildman–Crippen MR) is 66.5 cm³/mol. The minimum atomic E-state index is 0.0786. The van der Waals surface area contributed by atoms with E-state index >= 15 is 0 Å². The smallest absolute Gasteiger partial charge is 0.248 e. The lowest BCUT2D eigenvalue weighted by Gasteiger charge is -2.21. The zero-order valence-electron chi connectivity index (χ0n) is 9.94. The molecule has 1 rings (SSSR count). The fraction of sp³-hybridized carbons (Fsp3) is 0.583. The summed E-state index contributed by atoms with van der Waals surface area (Å²) in [5.41, 5.74) is 1.20. The molecular weight excluding hydrogens is 222 g/mol. The summed E-state index contributed by atoms with van der Waals surface area (Å²) in [6.07, 6.45) is 0.974. The monoisotopic (exact) mass is 241 g/mol. The van der Waals surface area contributed by atoms with Crippen LogP contribution >= 0.6 is 11.3 Å². The maximum atomic E-state index is 11.8. The summed E-state index contributed by atoms with van der Waals surface area (Å²) in [6.45, 7) is 6.25. The topological polar surface area (TPSA) is 29.5 Å². The van der Waals surface area contributed by atoms with Crippen LogP contribution in [0.5, 0.6) is 0 Å². The third-order valence-corrected chi connectivity index (χ3v) is 2.96. The van der Waals surface area contributed by atoms with Crippen LogP contribution in [0.25, 0.3) is 0 Å². The summed E-state index contributed by atoms with van der Waals surface area (Å²) in [7, 11) is 0. The molecule has 0 bridgehead atoms. The van der Waals surface area contributed by atoms with Gasteiger partial charge in [-0.05, 0) is 35.7 Å². The van der Waals surface area contributed by atoms with Gasteiger partial charge < -0.3 is 9.64 Å². The molecule has 0 radical (unpaired) electrons. The maximum absolute atomic E-state index is 11.8. The third-order valence-electron chi connectivity index (χ3n) is 2.23. The molecule has 0 saturated carbocycles. The highest BCUT2D eigenvalue weighted by Crippen LogP contribution is 2.10. The number of carbonyl (C=O) groups excluding carboxylic acids is 1. The largest absolute Gasteiger partial charge is 0.372 e. The molecule has 0 aliphatic carbocycles. The Kier molecular flexibility index (Phi) is 6.11. The Morgan fingerprint density at radius 2 is 2.31 bits per heavy atom. The molecule has 0 N–H and O–H groups in total. The second kappa shape index (κ2) is 7.41. The van der Waals surface area contributed by atoms with Gasteiger partial charge in [-0.3, -0.25) is 4.79 Å². The zero-order chi connectivity index (χ0) is 11.8. The molecule has 0 fully saturated rings. The van der Waals surface area contributed by atoms with Gasteiger partial charge in [0, 0.05) is 19.7 Å². The highest BCUT2D eigenvalue weighted by Gasteiger charge is 2.12. The Balaban J connectivity index is 2.49. The van der Waals surface area contributed by atoms with Crippen LogP contribution in [0.4, 0.5) is 0 Å². The second-order valence-electron chi connectivity index (χ2n) is 3.58. The summed E-state index contributed by atoms with van der Waals surface area (Å²) in [4.78, 5) is 13.7. The van der Waals surface area contributed by atoms with Gasteiger partial charge in [0.1, 0.15) is 6.61 Å². The van der Waals surface area contributed by atoms with E-state index in [1.54, 1.807) is 11.3 Å². The van der Waals surface area contributed by atoms with Crippen LogP contribution in [0.15, 0.2) is 16.8 Å². The number of carbonyl (C=O) groups is 1. The average Bonchev–Trinajstić information content (AvgIpc) is 2.78. The van der Waals surface area contributed by atoms with Crippen molar-refractivity contribution in [1.29, 1.82) is 0 Å². The Morgan fingerprint density at radius 3 is 2.88 bits per heavy atom. The molecule has 16 heavy (non-hydrogen) atoms. The molecule has 0 aliphatic heterocycles. The quantitative estimate of drug-likeness (QED) is 0.734. The van der Waals surface area contributed by atoms with Gasteiger partial charge in [-0.25, -0.2) is 0 Å². The van der Waals surface area contributed by atoms with Gasteiger partial charge in [0.15, 0.2) is 0 Å². The van der Waals surface area contributed by atoms with Gasteiger partial charge in [-0.2, -0.15) is 11.3 Å². The molecule has 0 atom stereocenters. The van der Waals surface area contributed by atoms with Gasteiger partial charge in [0.25, 0.3) is 0 Å². The van der Waals surface area contributed by atoms with E-state index in [-0.39, 0.29) is 12.5 Å². The Labute approximate surface area is 101 Å². The van der Waals surface area contributed by atoms with Crippen molar-refractivity contribution in [3.63, 3.8) is 0 Å². The van der Waals surface area contributed by atoms with Gasteiger partial charge in [0.05, 0.1) is 0 Å². The number of hydrogen-bond acceptors (Lipinski definition) is 3. The van der Waals surface area contributed by atoms with Crippen LogP contribution in [0.3, 0.4) is 0 Å². The lowest BCUT2D eigenvalue weighted by molar-refractivity contribution is -0.136. The first-order valence-corrected chi connectivity index (χ1v) is 6.58. The molecule has 4 heteroatoms. The van der Waals surface area contributed by atoms with Gasteiger partial charge in [0.2, 0.25) is 5.91 Å². The normalized spacial score (nSPS) is 10.4. The van der Waals surface area contributed by atoms with E-state index in [4.69, 9.17) is 4.74 Å². The van der Waals surface area contributed by atoms with Crippen molar-refractivity contribution in [2.24, 2.45) is 0 Å². The molecule has 1 amide bonds. The average molecular weight is 241 g/mol. The Hall–Kier alpha value is -0.870. The van der Waals surface area contributed by atoms with Gasteiger partial charge in [-0.1, -0.05) is 6.92 Å². The fourth-order valence-corrected chi connectivity index (χ4v) is 2.11. The van der Waals surface area contributed by atoms with Crippen LogP contribution in [0.2, 0.25) is 0 Å². The summed E-state index contributed by atoms with van der Waals surface area (Å²) in [5.74, 6) is 0.0786. The van der Waals surface area contributed by atoms with Gasteiger partial charge in [-0.15, -0.1) is 0 Å². The van der Waals surface area contributed by atoms with E-state index in [2.05, 4.69) is 18.4 Å². The summed E-state index contributed by atoms with van der Waals surface area (Å²) >= 11 is 1.66. The number of rotatable bonds is 7. The summed E-state index contributed by atoms with van der Waals surface area (Å²) < 4.78 is 5.15. The molecule has 90 valence electrons. The number of hydrogen-bond donors (Lipinski definition) is 0. The molecule has 0 saturated heterocycles. The van der Waals surface area contributed by atoms with Gasteiger partial charge >= 0.3 is 0 Å². The first-order chi connectivity index (χ1) is 7.77. The highest BCUT2D eigenvalue weighted by atomic mass is 32.1. The highest BCUT2D eigenvalue weighted by molar-refractivity contribution is 7.07. The minimum absolute atomic E-state index is 0.0786. The number of nitrogens with zero attached hydrogens (tertiary/aromatic N) is 1. The lowest BCUT2D eigenvalue weighted by atomic mass is 10.3. The molecule has 0 aliphatic rings. The van der Waals surface area contributed by atoms with E-state index in [1.807, 2.05) is 17.2 Å². The molecule has 0 unspecified atom stereocenters. The van der Waals surface area contributed by atoms with Crippen LogP contribution in [-0.2, 0) is 16.1 Å². The van der Waals surface area contributed by atoms with Crippen LogP contribution in [0.1, 0.15) is 25.8 Å².